The van der Waals surface area contributed by atoms with Gasteiger partial charge in [-0.2, -0.15) is 0 Å². The molecular formula is C18H17N5O3. The first kappa shape index (κ1) is 17.3. The van der Waals surface area contributed by atoms with Crippen molar-refractivity contribution in [2.45, 2.75) is 20.3 Å². The van der Waals surface area contributed by atoms with E-state index in [1.807, 2.05) is 24.3 Å². The molecular weight excluding hydrogens is 334 g/mol. The van der Waals surface area contributed by atoms with E-state index in [-0.39, 0.29) is 17.3 Å². The molecule has 0 aliphatic rings. The summed E-state index contributed by atoms with van der Waals surface area (Å²) in [6.07, 6.45) is 0.922. The molecule has 0 spiro atoms. The Bertz CT molecular complexity index is 963. The number of carbonyl (C=O) groups is 1. The number of nitrogens with zero attached hydrogens (tertiary/aromatic N) is 4. The molecule has 26 heavy (non-hydrogen) atoms. The van der Waals surface area contributed by atoms with Crippen molar-refractivity contribution < 1.29 is 9.72 Å². The Hall–Kier alpha value is -3.55. The van der Waals surface area contributed by atoms with Crippen molar-refractivity contribution in [2.75, 3.05) is 5.32 Å². The van der Waals surface area contributed by atoms with Crippen LogP contribution in [-0.2, 0) is 6.42 Å². The van der Waals surface area contributed by atoms with Gasteiger partial charge in [0.25, 0.3) is 11.6 Å². The lowest BCUT2D eigenvalue weighted by molar-refractivity contribution is -0.384. The molecule has 1 N–H and O–H groups in total. The van der Waals surface area contributed by atoms with Crippen LogP contribution in [0.15, 0.2) is 48.5 Å². The topological polar surface area (TPSA) is 103 Å². The molecule has 132 valence electrons. The molecule has 8 heteroatoms. The molecule has 0 saturated heterocycles. The van der Waals surface area contributed by atoms with Gasteiger partial charge in [0.1, 0.15) is 0 Å². The molecule has 1 amide bonds. The molecule has 0 bridgehead atoms. The number of nitro benzene ring substituents is 1. The first-order valence-electron chi connectivity index (χ1n) is 8.07. The minimum Gasteiger partial charge on any atom is -0.321 e. The third-order valence-electron chi connectivity index (χ3n) is 4.01. The predicted molar refractivity (Wildman–Crippen MR) is 96.5 cm³/mol. The summed E-state index contributed by atoms with van der Waals surface area (Å²) in [6.45, 7) is 3.75. The summed E-state index contributed by atoms with van der Waals surface area (Å²) >= 11 is 0. The van der Waals surface area contributed by atoms with E-state index in [1.165, 1.54) is 22.4 Å². The zero-order chi connectivity index (χ0) is 18.7. The number of amides is 1. The van der Waals surface area contributed by atoms with Crippen LogP contribution in [0.25, 0.3) is 5.69 Å². The number of anilines is 1. The van der Waals surface area contributed by atoms with Gasteiger partial charge in [-0.3, -0.25) is 14.9 Å². The molecule has 8 nitrogen and oxygen atoms in total. The van der Waals surface area contributed by atoms with Gasteiger partial charge >= 0.3 is 0 Å². The lowest BCUT2D eigenvalue weighted by Gasteiger charge is -2.06. The fraction of sp³-hybridized carbons (Fsp3) is 0.167. The van der Waals surface area contributed by atoms with Crippen molar-refractivity contribution in [3.05, 3.63) is 75.6 Å². The maximum Gasteiger partial charge on any atom is 0.278 e. The van der Waals surface area contributed by atoms with Crippen LogP contribution in [0.4, 0.5) is 11.4 Å². The van der Waals surface area contributed by atoms with E-state index in [4.69, 9.17) is 0 Å². The quantitative estimate of drug-likeness (QED) is 0.561. The van der Waals surface area contributed by atoms with Gasteiger partial charge in [-0.1, -0.05) is 30.3 Å². The van der Waals surface area contributed by atoms with Crippen LogP contribution in [0.1, 0.15) is 28.7 Å². The molecule has 0 fully saturated rings. The second kappa shape index (κ2) is 7.14. The number of nitrogens with one attached hydrogen (secondary N) is 1. The van der Waals surface area contributed by atoms with Crippen LogP contribution in [-0.4, -0.2) is 25.8 Å². The van der Waals surface area contributed by atoms with Gasteiger partial charge in [-0.15, -0.1) is 5.10 Å². The van der Waals surface area contributed by atoms with Crippen molar-refractivity contribution >= 4 is 17.3 Å². The van der Waals surface area contributed by atoms with E-state index < -0.39 is 4.92 Å². The predicted octanol–water partition coefficient (Wildman–Crippen LogP) is 3.30. The van der Waals surface area contributed by atoms with Gasteiger partial charge in [-0.05, 0) is 37.1 Å². The van der Waals surface area contributed by atoms with Gasteiger partial charge in [0.15, 0.2) is 5.69 Å². The third kappa shape index (κ3) is 3.44. The molecule has 0 radical (unpaired) electrons. The van der Waals surface area contributed by atoms with Crippen molar-refractivity contribution in [2.24, 2.45) is 0 Å². The SMILES string of the molecule is CCc1ccc(NC(=O)c2nnn(-c3cccc([N+](=O)[O-])c3)c2C)cc1. The highest BCUT2D eigenvalue weighted by Gasteiger charge is 2.18. The number of nitro groups is 1. The van der Waals surface area contributed by atoms with E-state index in [0.29, 0.717) is 17.1 Å². The van der Waals surface area contributed by atoms with Crippen LogP contribution in [0.5, 0.6) is 0 Å². The fourth-order valence-electron chi connectivity index (χ4n) is 2.54. The lowest BCUT2D eigenvalue weighted by atomic mass is 10.1. The number of hydrogen-bond donors (Lipinski definition) is 1. The van der Waals surface area contributed by atoms with Crippen LogP contribution in [0.2, 0.25) is 0 Å². The van der Waals surface area contributed by atoms with Crippen molar-refractivity contribution in [1.82, 2.24) is 15.0 Å². The molecule has 0 atom stereocenters. The molecule has 0 unspecified atom stereocenters. The average Bonchev–Trinajstić information content (AvgIpc) is 3.04. The van der Waals surface area contributed by atoms with Crippen LogP contribution < -0.4 is 5.32 Å². The Morgan fingerprint density at radius 2 is 1.96 bits per heavy atom. The molecule has 0 aliphatic carbocycles. The summed E-state index contributed by atoms with van der Waals surface area (Å²) in [5, 5.41) is 21.6. The summed E-state index contributed by atoms with van der Waals surface area (Å²) in [6, 6.07) is 13.6. The second-order valence-corrected chi connectivity index (χ2v) is 5.72. The van der Waals surface area contributed by atoms with Gasteiger partial charge in [-0.25, -0.2) is 4.68 Å². The zero-order valence-electron chi connectivity index (χ0n) is 14.3. The molecule has 0 aliphatic heterocycles. The Kier molecular flexibility index (Phi) is 4.74. The summed E-state index contributed by atoms with van der Waals surface area (Å²) in [7, 11) is 0. The largest absolute Gasteiger partial charge is 0.321 e. The Morgan fingerprint density at radius 1 is 1.23 bits per heavy atom. The lowest BCUT2D eigenvalue weighted by Crippen LogP contribution is -2.14. The number of aromatic nitrogens is 3. The third-order valence-corrected chi connectivity index (χ3v) is 4.01. The first-order chi connectivity index (χ1) is 12.5. The van der Waals surface area contributed by atoms with Crippen LogP contribution in [0.3, 0.4) is 0 Å². The van der Waals surface area contributed by atoms with Gasteiger partial charge in [0, 0.05) is 17.8 Å². The van der Waals surface area contributed by atoms with Crippen molar-refractivity contribution in [3.63, 3.8) is 0 Å². The fourth-order valence-corrected chi connectivity index (χ4v) is 2.54. The first-order valence-corrected chi connectivity index (χ1v) is 8.07. The zero-order valence-corrected chi connectivity index (χ0v) is 14.3. The summed E-state index contributed by atoms with van der Waals surface area (Å²) < 4.78 is 1.40. The number of non-ortho nitro benzene ring substituents is 1. The molecule has 0 saturated carbocycles. The Balaban J connectivity index is 1.85. The number of carbonyl (C=O) groups excluding carboxylic acids is 1. The summed E-state index contributed by atoms with van der Waals surface area (Å²) in [5.41, 5.74) is 2.91. The van der Waals surface area contributed by atoms with Gasteiger partial charge in [0.2, 0.25) is 0 Å². The van der Waals surface area contributed by atoms with E-state index in [0.717, 1.165) is 6.42 Å². The van der Waals surface area contributed by atoms with E-state index in [2.05, 4.69) is 22.6 Å². The second-order valence-electron chi connectivity index (χ2n) is 5.72. The number of aryl methyl sites for hydroxylation is 1. The van der Waals surface area contributed by atoms with Crippen LogP contribution >= 0.6 is 0 Å². The highest BCUT2D eigenvalue weighted by Crippen LogP contribution is 2.19. The molecule has 3 rings (SSSR count). The van der Waals surface area contributed by atoms with Crippen molar-refractivity contribution in [1.29, 1.82) is 0 Å². The number of hydrogen-bond acceptors (Lipinski definition) is 5. The van der Waals surface area contributed by atoms with E-state index in [1.54, 1.807) is 19.1 Å². The minimum absolute atomic E-state index is 0.0561. The monoisotopic (exact) mass is 351 g/mol. The molecule has 2 aromatic carbocycles. The number of benzene rings is 2. The normalized spacial score (nSPS) is 10.5. The molecule has 1 aromatic heterocycles. The highest BCUT2D eigenvalue weighted by atomic mass is 16.6. The summed E-state index contributed by atoms with van der Waals surface area (Å²) in [5.74, 6) is -0.386. The maximum atomic E-state index is 12.5. The highest BCUT2D eigenvalue weighted by molar-refractivity contribution is 6.03. The van der Waals surface area contributed by atoms with Crippen molar-refractivity contribution in [3.8, 4) is 5.69 Å². The van der Waals surface area contributed by atoms with E-state index in [9.17, 15) is 14.9 Å². The summed E-state index contributed by atoms with van der Waals surface area (Å²) in [4.78, 5) is 22.9. The Labute approximate surface area is 149 Å². The standard InChI is InChI=1S/C18H17N5O3/c1-3-13-7-9-14(10-8-13)19-18(24)17-12(2)22(21-20-17)15-5-4-6-16(11-15)23(25)26/h4-11H,3H2,1-2H3,(H,19,24). The van der Waals surface area contributed by atoms with Gasteiger partial charge < -0.3 is 5.32 Å². The van der Waals surface area contributed by atoms with Crippen LogP contribution in [0, 0.1) is 17.0 Å². The smallest absolute Gasteiger partial charge is 0.278 e. The minimum atomic E-state index is -0.483. The molecule has 3 aromatic rings. The van der Waals surface area contributed by atoms with Gasteiger partial charge in [0.05, 0.1) is 16.3 Å². The Morgan fingerprint density at radius 3 is 2.62 bits per heavy atom. The maximum absolute atomic E-state index is 12.5. The average molecular weight is 351 g/mol. The number of rotatable bonds is 5. The van der Waals surface area contributed by atoms with E-state index >= 15 is 0 Å². The molecule has 1 heterocycles.